The molecule has 0 aromatic heterocycles. The fourth-order valence-electron chi connectivity index (χ4n) is 8.94. The number of nitrogens with one attached hydrogen (secondary N) is 1. The summed E-state index contributed by atoms with van der Waals surface area (Å²) >= 11 is 0. The highest BCUT2D eigenvalue weighted by atomic mass is 32.2. The van der Waals surface area contributed by atoms with Crippen molar-refractivity contribution in [3.63, 3.8) is 0 Å². The van der Waals surface area contributed by atoms with E-state index in [2.05, 4.69) is 18.6 Å². The first-order valence-electron chi connectivity index (χ1n) is 12.9. The quantitative estimate of drug-likeness (QED) is 0.636. The van der Waals surface area contributed by atoms with E-state index in [9.17, 15) is 13.5 Å². The normalized spacial score (nSPS) is 44.9. The Balaban J connectivity index is 1.31. The molecule has 1 aromatic carbocycles. The molecule has 0 spiro atoms. The lowest BCUT2D eigenvalue weighted by Crippen LogP contribution is -2.52. The molecule has 0 amide bonds. The summed E-state index contributed by atoms with van der Waals surface area (Å²) < 4.78 is 29.0. The van der Waals surface area contributed by atoms with E-state index in [1.165, 1.54) is 38.5 Å². The second-order valence-corrected chi connectivity index (χ2v) is 13.8. The number of hydrogen-bond donors (Lipinski definition) is 2. The van der Waals surface area contributed by atoms with Crippen LogP contribution in [0.5, 0.6) is 0 Å². The van der Waals surface area contributed by atoms with E-state index < -0.39 is 15.6 Å². The van der Waals surface area contributed by atoms with Crippen molar-refractivity contribution < 1.29 is 13.5 Å². The van der Waals surface area contributed by atoms with Crippen LogP contribution in [0.4, 0.5) is 0 Å². The van der Waals surface area contributed by atoms with Gasteiger partial charge in [0.25, 0.3) is 0 Å². The van der Waals surface area contributed by atoms with Gasteiger partial charge in [0.1, 0.15) is 0 Å². The van der Waals surface area contributed by atoms with E-state index in [0.717, 1.165) is 42.9 Å². The minimum Gasteiger partial charge on any atom is -0.390 e. The molecule has 4 saturated carbocycles. The maximum Gasteiger partial charge on any atom is 0.240 e. The van der Waals surface area contributed by atoms with Crippen LogP contribution in [0.25, 0.3) is 0 Å². The number of hydrogen-bond acceptors (Lipinski definition) is 3. The van der Waals surface area contributed by atoms with Crippen molar-refractivity contribution in [1.82, 2.24) is 4.72 Å². The summed E-state index contributed by atoms with van der Waals surface area (Å²) in [6, 6.07) is 8.74. The first kappa shape index (κ1) is 22.9. The van der Waals surface area contributed by atoms with E-state index in [-0.39, 0.29) is 11.5 Å². The molecule has 32 heavy (non-hydrogen) atoms. The SMILES string of the molecule is CC(NS(=O)(=O)c1ccccc1)[C@H]1CC[C@H]2[C@@H]3CC[C@@H]4C[C@](C)(O)CC[C@@H]4[C@H]3CC[C@]12C. The summed E-state index contributed by atoms with van der Waals surface area (Å²) in [5.41, 5.74) is -0.228. The van der Waals surface area contributed by atoms with Gasteiger partial charge < -0.3 is 5.11 Å². The van der Waals surface area contributed by atoms with Crippen LogP contribution in [-0.2, 0) is 10.0 Å². The Kier molecular flexibility index (Phi) is 5.78. The predicted molar refractivity (Wildman–Crippen MR) is 127 cm³/mol. The Morgan fingerprint density at radius 1 is 0.938 bits per heavy atom. The summed E-state index contributed by atoms with van der Waals surface area (Å²) in [7, 11) is -3.49. The molecule has 2 N–H and O–H groups in total. The summed E-state index contributed by atoms with van der Waals surface area (Å²) in [6.07, 6.45) is 10.6. The number of aliphatic hydroxyl groups is 1. The van der Waals surface area contributed by atoms with Gasteiger partial charge in [0.15, 0.2) is 0 Å². The van der Waals surface area contributed by atoms with Gasteiger partial charge in [0.2, 0.25) is 10.0 Å². The first-order valence-corrected chi connectivity index (χ1v) is 14.4. The highest BCUT2D eigenvalue weighted by Gasteiger charge is 2.58. The Hall–Kier alpha value is -0.910. The Bertz CT molecular complexity index is 929. The van der Waals surface area contributed by atoms with Crippen LogP contribution in [0.2, 0.25) is 0 Å². The maximum absolute atomic E-state index is 13.0. The molecule has 4 nitrogen and oxygen atoms in total. The lowest BCUT2D eigenvalue weighted by atomic mass is 9.49. The van der Waals surface area contributed by atoms with Crippen LogP contribution in [0.3, 0.4) is 0 Å². The molecule has 4 aliphatic rings. The van der Waals surface area contributed by atoms with Crippen LogP contribution in [0, 0.1) is 40.9 Å². The third-order valence-electron chi connectivity index (χ3n) is 10.3. The fourth-order valence-corrected chi connectivity index (χ4v) is 10.2. The minimum atomic E-state index is -3.49. The van der Waals surface area contributed by atoms with Crippen molar-refractivity contribution in [2.24, 2.45) is 40.9 Å². The zero-order valence-electron chi connectivity index (χ0n) is 20.0. The van der Waals surface area contributed by atoms with Gasteiger partial charge in [-0.2, -0.15) is 0 Å². The minimum absolute atomic E-state index is 0.0483. The molecule has 178 valence electrons. The second kappa shape index (κ2) is 8.09. The van der Waals surface area contributed by atoms with Gasteiger partial charge in [-0.05, 0) is 125 Å². The van der Waals surface area contributed by atoms with E-state index in [0.29, 0.717) is 16.7 Å². The number of fused-ring (bicyclic) bond motifs is 5. The van der Waals surface area contributed by atoms with Crippen molar-refractivity contribution >= 4 is 10.0 Å². The van der Waals surface area contributed by atoms with Crippen molar-refractivity contribution in [2.75, 3.05) is 0 Å². The number of rotatable bonds is 4. The van der Waals surface area contributed by atoms with E-state index in [4.69, 9.17) is 0 Å². The van der Waals surface area contributed by atoms with Gasteiger partial charge in [-0.1, -0.05) is 25.1 Å². The lowest BCUT2D eigenvalue weighted by molar-refractivity contribution is -0.101. The van der Waals surface area contributed by atoms with Crippen molar-refractivity contribution in [2.45, 2.75) is 95.1 Å². The Morgan fingerprint density at radius 2 is 1.66 bits per heavy atom. The van der Waals surface area contributed by atoms with Gasteiger partial charge in [0.05, 0.1) is 10.5 Å². The monoisotopic (exact) mass is 459 g/mol. The molecule has 1 aromatic rings. The maximum atomic E-state index is 13.0. The molecular weight excluding hydrogens is 418 g/mol. The largest absolute Gasteiger partial charge is 0.390 e. The van der Waals surface area contributed by atoms with Crippen LogP contribution < -0.4 is 4.72 Å². The summed E-state index contributed by atoms with van der Waals surface area (Å²) in [5, 5.41) is 10.6. The predicted octanol–water partition coefficient (Wildman–Crippen LogP) is 5.37. The van der Waals surface area contributed by atoms with Gasteiger partial charge in [-0.3, -0.25) is 0 Å². The van der Waals surface area contributed by atoms with Crippen molar-refractivity contribution in [3.8, 4) is 0 Å². The third kappa shape index (κ3) is 3.86. The number of benzene rings is 1. The van der Waals surface area contributed by atoms with Crippen LogP contribution >= 0.6 is 0 Å². The van der Waals surface area contributed by atoms with Crippen LogP contribution in [-0.4, -0.2) is 25.2 Å². The topological polar surface area (TPSA) is 66.4 Å². The van der Waals surface area contributed by atoms with Crippen LogP contribution in [0.1, 0.15) is 78.6 Å². The Labute approximate surface area is 194 Å². The molecule has 0 aliphatic heterocycles. The molecule has 0 bridgehead atoms. The molecule has 0 saturated heterocycles. The molecule has 1 unspecified atom stereocenters. The fraction of sp³-hybridized carbons (Fsp3) is 0.778. The molecule has 5 rings (SSSR count). The van der Waals surface area contributed by atoms with Gasteiger partial charge in [-0.15, -0.1) is 0 Å². The molecule has 9 atom stereocenters. The third-order valence-corrected chi connectivity index (χ3v) is 11.9. The van der Waals surface area contributed by atoms with Gasteiger partial charge in [0, 0.05) is 6.04 Å². The molecule has 5 heteroatoms. The smallest absolute Gasteiger partial charge is 0.240 e. The molecular formula is C27H41NO3S. The molecule has 0 radical (unpaired) electrons. The van der Waals surface area contributed by atoms with Crippen molar-refractivity contribution in [3.05, 3.63) is 30.3 Å². The highest BCUT2D eigenvalue weighted by Crippen LogP contribution is 2.65. The average Bonchev–Trinajstić information content (AvgIpc) is 3.10. The summed E-state index contributed by atoms with van der Waals surface area (Å²) in [4.78, 5) is 0.363. The van der Waals surface area contributed by atoms with Crippen molar-refractivity contribution in [1.29, 1.82) is 0 Å². The van der Waals surface area contributed by atoms with E-state index in [1.54, 1.807) is 24.3 Å². The van der Waals surface area contributed by atoms with E-state index in [1.807, 2.05) is 13.0 Å². The van der Waals surface area contributed by atoms with E-state index >= 15 is 0 Å². The summed E-state index contributed by atoms with van der Waals surface area (Å²) in [5.74, 6) is 4.23. The van der Waals surface area contributed by atoms with Crippen LogP contribution in [0.15, 0.2) is 35.2 Å². The Morgan fingerprint density at radius 3 is 2.41 bits per heavy atom. The lowest BCUT2D eigenvalue weighted by Gasteiger charge is -2.57. The first-order chi connectivity index (χ1) is 15.1. The standard InChI is InChI=1S/C27H41NO3S/c1-18(28-32(30,31)20-7-5-4-6-8-20)24-11-12-25-23-10-9-19-17-26(2,29)15-13-21(19)22(23)14-16-27(24,25)3/h4-8,18-19,21-25,28-29H,9-17H2,1-3H3/t18?,19-,21+,22-,23-,24-,25+,26-,27-/m1/s1. The number of sulfonamides is 1. The zero-order chi connectivity index (χ0) is 22.7. The zero-order valence-corrected chi connectivity index (χ0v) is 20.8. The summed E-state index contributed by atoms with van der Waals surface area (Å²) in [6.45, 7) is 6.59. The van der Waals surface area contributed by atoms with Gasteiger partial charge in [-0.25, -0.2) is 13.1 Å². The second-order valence-electron chi connectivity index (χ2n) is 12.1. The highest BCUT2D eigenvalue weighted by molar-refractivity contribution is 7.89. The average molecular weight is 460 g/mol. The van der Waals surface area contributed by atoms with Gasteiger partial charge >= 0.3 is 0 Å². The molecule has 4 fully saturated rings. The molecule has 4 aliphatic carbocycles. The molecule has 0 heterocycles.